The second kappa shape index (κ2) is 0.762. The van der Waals surface area contributed by atoms with Crippen LogP contribution in [-0.2, 0) is 1.73 Å². The van der Waals surface area contributed by atoms with E-state index in [0.29, 0.717) is 0 Å². The Balaban J connectivity index is 8.86. The van der Waals surface area contributed by atoms with Crippen molar-refractivity contribution >= 4 is 0 Å². The average Bonchev–Trinajstić information content (AvgIpc) is 0.592. The maximum absolute atomic E-state index is 9.44. The molecule has 0 unspecified atom stereocenters. The van der Waals surface area contributed by atoms with Gasteiger partial charge in [-0.05, 0) is 0 Å². The summed E-state index contributed by atoms with van der Waals surface area (Å²) in [5.74, 6) is 0. The van der Waals surface area contributed by atoms with Gasteiger partial charge in [-0.2, -0.15) is 0 Å². The third-order valence-electron chi connectivity index (χ3n) is 0. The van der Waals surface area contributed by atoms with Crippen LogP contribution in [0.1, 0.15) is 0 Å². The minimum absolute atomic E-state index is 8.64. The fraction of sp³-hybridized carbons (Fsp3) is 0. The van der Waals surface area contributed by atoms with Gasteiger partial charge in [0.05, 0.1) is 0 Å². The maximum atomic E-state index is 8.64. The van der Waals surface area contributed by atoms with Crippen molar-refractivity contribution in [1.82, 2.24) is 0 Å². The molecule has 0 aromatic heterocycles. The van der Waals surface area contributed by atoms with Crippen LogP contribution < -0.4 is 0 Å². The summed E-state index contributed by atoms with van der Waals surface area (Å²) in [4.78, 5) is 0. The molecular formula is O6Yb. The molecule has 0 bridgehead atoms. The molecule has 0 atom stereocenters. The first-order valence-electron chi connectivity index (χ1n) is 0.655. The Labute approximate surface area is 35.2 Å². The van der Waals surface area contributed by atoms with Crippen molar-refractivity contribution in [3.63, 3.8) is 0 Å². The van der Waals surface area contributed by atoms with E-state index >= 15 is 0 Å². The molecule has 0 aliphatic rings. The van der Waals surface area contributed by atoms with Crippen LogP contribution in [0.15, 0.2) is 0 Å². The van der Waals surface area contributed by atoms with Crippen molar-refractivity contribution in [3.8, 4) is 0 Å². The third kappa shape index (κ3) is 1160. The number of hydrogen-bond acceptors (Lipinski definition) is 6. The summed E-state index contributed by atoms with van der Waals surface area (Å²) in [6.45, 7) is 0. The standard InChI is InChI=1S/6O.Yb. The van der Waals surface area contributed by atoms with Gasteiger partial charge in [-0.1, -0.05) is 0 Å². The van der Waals surface area contributed by atoms with Gasteiger partial charge in [0.15, 0.2) is 0 Å². The molecule has 0 saturated carbocycles. The molecule has 6 nitrogen and oxygen atoms in total. The van der Waals surface area contributed by atoms with Crippen molar-refractivity contribution in [2.75, 3.05) is 0 Å². The van der Waals surface area contributed by atoms with Crippen LogP contribution in [0.5, 0.6) is 0 Å². The van der Waals surface area contributed by atoms with E-state index in [1.807, 2.05) is 0 Å². The molecule has 0 spiro atoms. The van der Waals surface area contributed by atoms with Crippen molar-refractivity contribution < 1.29 is 35.9 Å². The van der Waals surface area contributed by atoms with E-state index in [-0.39, 0.29) is 0 Å². The molecule has 0 fully saturated rings. The number of hydrogen-bond donors (Lipinski definition) is 0. The van der Waals surface area contributed by atoms with Crippen LogP contribution in [0.2, 0.25) is 0 Å². The molecule has 7 heavy (non-hydrogen) atoms. The summed E-state index contributed by atoms with van der Waals surface area (Å²) in [6.07, 6.45) is 0. The fourth-order valence-electron chi connectivity index (χ4n) is 0. The normalized spacial score (nSPS) is 22.3. The van der Waals surface area contributed by atoms with Gasteiger partial charge >= 0.3 is 35.9 Å². The van der Waals surface area contributed by atoms with Crippen molar-refractivity contribution in [3.05, 3.63) is 0 Å². The summed E-state index contributed by atoms with van der Waals surface area (Å²) in [5.41, 5.74) is 0. The summed E-state index contributed by atoms with van der Waals surface area (Å²) in [6, 6.07) is 0. The molecule has 0 aromatic carbocycles. The molecule has 7 heteroatoms. The van der Waals surface area contributed by atoms with Gasteiger partial charge < -0.3 is 0 Å². The Hall–Kier alpha value is 0.319. The van der Waals surface area contributed by atoms with Crippen molar-refractivity contribution in [2.24, 2.45) is 0 Å². The van der Waals surface area contributed by atoms with Gasteiger partial charge in [0, 0.05) is 0 Å². The van der Waals surface area contributed by atoms with E-state index in [1.165, 1.54) is 0 Å². The first-order chi connectivity index (χ1) is 2.45. The van der Waals surface area contributed by atoms with Gasteiger partial charge in [-0.3, -0.25) is 0 Å². The van der Waals surface area contributed by atoms with Gasteiger partial charge in [-0.25, -0.2) is 0 Å². The molecule has 0 radical (unpaired) electrons. The summed E-state index contributed by atoms with van der Waals surface area (Å²) >= 11 is -9.44. The molecule has 50 valence electrons. The van der Waals surface area contributed by atoms with Crippen LogP contribution in [0.4, 0.5) is 0 Å². The zero-order chi connectivity index (χ0) is 6.41. The van der Waals surface area contributed by atoms with E-state index in [4.69, 9.17) is 1.73 Å². The van der Waals surface area contributed by atoms with Crippen molar-refractivity contribution in [1.29, 1.82) is 0 Å². The van der Waals surface area contributed by atoms with E-state index in [2.05, 4.69) is 0 Å². The summed E-state index contributed by atoms with van der Waals surface area (Å²) < 4.78 is 51.9. The van der Waals surface area contributed by atoms with E-state index in [9.17, 15) is 0 Å². The SMILES string of the molecule is [O]=[Yb](=[O])(=[O])(=[O])(=[O])=[O]. The molecule has 0 aliphatic heterocycles. The molecule has 0 saturated heterocycles. The quantitative estimate of drug-likeness (QED) is 0.575. The molecule has 0 N–H and O–H groups in total. The average molecular weight is 269 g/mol. The Morgan fingerprint density at radius 1 is 0.571 bits per heavy atom. The van der Waals surface area contributed by atoms with Gasteiger partial charge in [-0.15, -0.1) is 0 Å². The molecule has 0 aromatic rings. The predicted molar refractivity (Wildman–Crippen MR) is 4.12 cm³/mol. The Bertz CT molecular complexity index is 432. The van der Waals surface area contributed by atoms with Crippen LogP contribution in [0.25, 0.3) is 0 Å². The molecule has 0 rings (SSSR count). The first kappa shape index (κ1) is 7.32. The Morgan fingerprint density at radius 3 is 0.571 bits per heavy atom. The minimum atomic E-state index is -9.44. The van der Waals surface area contributed by atoms with Gasteiger partial charge in [0.1, 0.15) is 0 Å². The van der Waals surface area contributed by atoms with Crippen LogP contribution in [0, 0.1) is 34.2 Å². The summed E-state index contributed by atoms with van der Waals surface area (Å²) in [7, 11) is 0. The molecular weight excluding hydrogens is 269 g/mol. The topological polar surface area (TPSA) is 102 Å². The second-order valence-electron chi connectivity index (χ2n) is 0.668. The summed E-state index contributed by atoms with van der Waals surface area (Å²) in [5, 5.41) is 0. The zero-order valence-corrected chi connectivity index (χ0v) is 4.43. The van der Waals surface area contributed by atoms with Gasteiger partial charge in [0.2, 0.25) is 0 Å². The Kier molecular flexibility index (Phi) is 0.797. The van der Waals surface area contributed by atoms with E-state index < -0.39 is 34.2 Å². The Morgan fingerprint density at radius 2 is 0.571 bits per heavy atom. The third-order valence-corrected chi connectivity index (χ3v) is 0. The van der Waals surface area contributed by atoms with Crippen LogP contribution in [-0.4, -0.2) is 0 Å². The second-order valence-corrected chi connectivity index (χ2v) is 4.96. The van der Waals surface area contributed by atoms with E-state index in [0.717, 1.165) is 0 Å². The molecule has 0 aliphatic carbocycles. The monoisotopic (exact) mass is 270 g/mol. The molecule has 0 amide bonds. The predicted octanol–water partition coefficient (Wildman–Crippen LogP) is -0.713. The van der Waals surface area contributed by atoms with Crippen molar-refractivity contribution in [2.45, 2.75) is 0 Å². The number of rotatable bonds is 0. The van der Waals surface area contributed by atoms with Crippen LogP contribution in [0.3, 0.4) is 0 Å². The van der Waals surface area contributed by atoms with E-state index in [1.54, 1.807) is 0 Å². The zero-order valence-electron chi connectivity index (χ0n) is 2.72. The molecule has 0 heterocycles. The fourth-order valence-corrected chi connectivity index (χ4v) is 0. The first-order valence-corrected chi connectivity index (χ1v) is 4.86. The van der Waals surface area contributed by atoms with Gasteiger partial charge in [0.25, 0.3) is 0 Å². The van der Waals surface area contributed by atoms with Crippen LogP contribution >= 0.6 is 0 Å².